The molecule has 0 aliphatic rings. The summed E-state index contributed by atoms with van der Waals surface area (Å²) in [5, 5.41) is 0. The molecule has 0 bridgehead atoms. The molecular formula is C21H22N2O. The standard InChI is InChI=1S/C21H22N2O/c1-16-7-9-17(10-8-16)15-24-20-6-2-4-18(12-20)13-21(22)19-5-3-11-23-14-19/h2-12,14,21H,13,15,22H2,1H3. The monoisotopic (exact) mass is 318 g/mol. The maximum Gasteiger partial charge on any atom is 0.120 e. The van der Waals surface area contributed by atoms with E-state index in [4.69, 9.17) is 10.5 Å². The van der Waals surface area contributed by atoms with Crippen molar-refractivity contribution in [3.05, 3.63) is 95.3 Å². The third-order valence-electron chi connectivity index (χ3n) is 3.99. The summed E-state index contributed by atoms with van der Waals surface area (Å²) >= 11 is 0. The Labute approximate surface area is 143 Å². The molecule has 2 N–H and O–H groups in total. The predicted octanol–water partition coefficient (Wildman–Crippen LogP) is 4.21. The summed E-state index contributed by atoms with van der Waals surface area (Å²) in [6, 6.07) is 20.4. The number of benzene rings is 2. The third kappa shape index (κ3) is 4.43. The molecule has 1 aromatic heterocycles. The van der Waals surface area contributed by atoms with Gasteiger partial charge in [-0.15, -0.1) is 0 Å². The SMILES string of the molecule is Cc1ccc(COc2cccc(CC(N)c3cccnc3)c2)cc1. The van der Waals surface area contributed by atoms with E-state index in [-0.39, 0.29) is 6.04 Å². The van der Waals surface area contributed by atoms with E-state index in [0.29, 0.717) is 6.61 Å². The molecule has 3 rings (SSSR count). The molecule has 24 heavy (non-hydrogen) atoms. The molecule has 1 heterocycles. The maximum absolute atomic E-state index is 6.28. The second kappa shape index (κ2) is 7.75. The van der Waals surface area contributed by atoms with E-state index in [9.17, 15) is 0 Å². The van der Waals surface area contributed by atoms with Crippen LogP contribution in [-0.4, -0.2) is 4.98 Å². The van der Waals surface area contributed by atoms with E-state index >= 15 is 0 Å². The van der Waals surface area contributed by atoms with Crippen LogP contribution >= 0.6 is 0 Å². The highest BCUT2D eigenvalue weighted by atomic mass is 16.5. The van der Waals surface area contributed by atoms with Gasteiger partial charge < -0.3 is 10.5 Å². The van der Waals surface area contributed by atoms with Gasteiger partial charge in [0, 0.05) is 18.4 Å². The van der Waals surface area contributed by atoms with Gasteiger partial charge in [-0.25, -0.2) is 0 Å². The lowest BCUT2D eigenvalue weighted by molar-refractivity contribution is 0.306. The molecule has 2 aromatic carbocycles. The summed E-state index contributed by atoms with van der Waals surface area (Å²) in [5.41, 5.74) is 10.9. The third-order valence-corrected chi connectivity index (χ3v) is 3.99. The molecule has 0 radical (unpaired) electrons. The minimum Gasteiger partial charge on any atom is -0.489 e. The molecule has 0 fully saturated rings. The Morgan fingerprint density at radius 1 is 1.00 bits per heavy atom. The summed E-state index contributed by atoms with van der Waals surface area (Å²) in [5.74, 6) is 0.867. The van der Waals surface area contributed by atoms with Gasteiger partial charge in [-0.05, 0) is 48.2 Å². The first-order chi connectivity index (χ1) is 11.7. The molecule has 1 unspecified atom stereocenters. The predicted molar refractivity (Wildman–Crippen MR) is 96.8 cm³/mol. The topological polar surface area (TPSA) is 48.1 Å². The quantitative estimate of drug-likeness (QED) is 0.740. The molecule has 3 heteroatoms. The summed E-state index contributed by atoms with van der Waals surface area (Å²) in [7, 11) is 0. The molecule has 1 atom stereocenters. The zero-order valence-corrected chi connectivity index (χ0v) is 13.9. The fraction of sp³-hybridized carbons (Fsp3) is 0.190. The van der Waals surface area contributed by atoms with Gasteiger partial charge in [0.1, 0.15) is 12.4 Å². The van der Waals surface area contributed by atoms with Crippen LogP contribution in [0.15, 0.2) is 73.1 Å². The zero-order chi connectivity index (χ0) is 16.8. The van der Waals surface area contributed by atoms with Gasteiger partial charge in [0.05, 0.1) is 0 Å². The van der Waals surface area contributed by atoms with Gasteiger partial charge in [0.2, 0.25) is 0 Å². The minimum absolute atomic E-state index is 0.0638. The average Bonchev–Trinajstić information content (AvgIpc) is 2.62. The lowest BCUT2D eigenvalue weighted by atomic mass is 10.0. The lowest BCUT2D eigenvalue weighted by Crippen LogP contribution is -2.13. The first kappa shape index (κ1) is 16.2. The maximum atomic E-state index is 6.28. The second-order valence-corrected chi connectivity index (χ2v) is 6.02. The molecule has 0 saturated heterocycles. The van der Waals surface area contributed by atoms with Crippen molar-refractivity contribution in [1.82, 2.24) is 4.98 Å². The average molecular weight is 318 g/mol. The first-order valence-electron chi connectivity index (χ1n) is 8.13. The Hall–Kier alpha value is -2.65. The largest absolute Gasteiger partial charge is 0.489 e. The van der Waals surface area contributed by atoms with E-state index in [1.54, 1.807) is 6.20 Å². The number of pyridine rings is 1. The Morgan fingerprint density at radius 2 is 1.83 bits per heavy atom. The number of hydrogen-bond acceptors (Lipinski definition) is 3. The van der Waals surface area contributed by atoms with Gasteiger partial charge >= 0.3 is 0 Å². The van der Waals surface area contributed by atoms with Gasteiger partial charge in [-0.2, -0.15) is 0 Å². The number of hydrogen-bond donors (Lipinski definition) is 1. The smallest absolute Gasteiger partial charge is 0.120 e. The fourth-order valence-electron chi connectivity index (χ4n) is 2.58. The number of nitrogens with two attached hydrogens (primary N) is 1. The van der Waals surface area contributed by atoms with E-state index in [1.807, 2.05) is 30.5 Å². The van der Waals surface area contributed by atoms with Crippen LogP contribution in [0.3, 0.4) is 0 Å². The van der Waals surface area contributed by atoms with Crippen molar-refractivity contribution in [3.63, 3.8) is 0 Å². The Kier molecular flexibility index (Phi) is 5.24. The van der Waals surface area contributed by atoms with Crippen molar-refractivity contribution in [1.29, 1.82) is 0 Å². The Morgan fingerprint density at radius 3 is 2.58 bits per heavy atom. The van der Waals surface area contributed by atoms with Crippen LogP contribution in [0.5, 0.6) is 5.75 Å². The van der Waals surface area contributed by atoms with Crippen molar-refractivity contribution >= 4 is 0 Å². The molecule has 0 aliphatic heterocycles. The number of ether oxygens (including phenoxy) is 1. The van der Waals surface area contributed by atoms with Crippen molar-refractivity contribution in [3.8, 4) is 5.75 Å². The van der Waals surface area contributed by atoms with E-state index in [0.717, 1.165) is 28.9 Å². The van der Waals surface area contributed by atoms with Crippen LogP contribution in [0.25, 0.3) is 0 Å². The van der Waals surface area contributed by atoms with E-state index in [2.05, 4.69) is 48.3 Å². The van der Waals surface area contributed by atoms with Gasteiger partial charge in [-0.1, -0.05) is 48.0 Å². The van der Waals surface area contributed by atoms with Crippen molar-refractivity contribution in [2.24, 2.45) is 5.73 Å². The minimum atomic E-state index is -0.0638. The van der Waals surface area contributed by atoms with E-state index in [1.165, 1.54) is 5.56 Å². The van der Waals surface area contributed by atoms with Crippen molar-refractivity contribution < 1.29 is 4.74 Å². The number of nitrogens with zero attached hydrogens (tertiary/aromatic N) is 1. The van der Waals surface area contributed by atoms with Crippen molar-refractivity contribution in [2.45, 2.75) is 26.0 Å². The first-order valence-corrected chi connectivity index (χ1v) is 8.13. The van der Waals surface area contributed by atoms with Gasteiger partial charge in [0.15, 0.2) is 0 Å². The highest BCUT2D eigenvalue weighted by Crippen LogP contribution is 2.20. The molecule has 3 aromatic rings. The molecule has 3 nitrogen and oxygen atoms in total. The van der Waals surface area contributed by atoms with Crippen LogP contribution in [0.1, 0.15) is 28.3 Å². The van der Waals surface area contributed by atoms with Crippen molar-refractivity contribution in [2.75, 3.05) is 0 Å². The summed E-state index contributed by atoms with van der Waals surface area (Å²) in [6.07, 6.45) is 4.34. The van der Waals surface area contributed by atoms with Crippen LogP contribution in [0.2, 0.25) is 0 Å². The molecule has 0 amide bonds. The molecular weight excluding hydrogens is 296 g/mol. The molecule has 0 aliphatic carbocycles. The number of rotatable bonds is 6. The molecule has 0 saturated carbocycles. The summed E-state index contributed by atoms with van der Waals surface area (Å²) in [4.78, 5) is 4.13. The molecule has 122 valence electrons. The number of aryl methyl sites for hydroxylation is 1. The summed E-state index contributed by atoms with van der Waals surface area (Å²) in [6.45, 7) is 2.65. The second-order valence-electron chi connectivity index (χ2n) is 6.02. The van der Waals surface area contributed by atoms with Crippen LogP contribution < -0.4 is 10.5 Å². The fourth-order valence-corrected chi connectivity index (χ4v) is 2.58. The number of aromatic nitrogens is 1. The Balaban J connectivity index is 1.62. The van der Waals surface area contributed by atoms with Crippen LogP contribution in [0, 0.1) is 6.92 Å². The van der Waals surface area contributed by atoms with E-state index < -0.39 is 0 Å². The molecule has 0 spiro atoms. The highest BCUT2D eigenvalue weighted by Gasteiger charge is 2.08. The van der Waals surface area contributed by atoms with Gasteiger partial charge in [-0.3, -0.25) is 4.98 Å². The van der Waals surface area contributed by atoms with Crippen LogP contribution in [0.4, 0.5) is 0 Å². The zero-order valence-electron chi connectivity index (χ0n) is 13.9. The van der Waals surface area contributed by atoms with Gasteiger partial charge in [0.25, 0.3) is 0 Å². The highest BCUT2D eigenvalue weighted by molar-refractivity contribution is 5.31. The summed E-state index contributed by atoms with van der Waals surface area (Å²) < 4.78 is 5.91. The lowest BCUT2D eigenvalue weighted by Gasteiger charge is -2.13. The normalized spacial score (nSPS) is 11.9. The van der Waals surface area contributed by atoms with Crippen LogP contribution in [-0.2, 0) is 13.0 Å². The Bertz CT molecular complexity index is 769.